The lowest BCUT2D eigenvalue weighted by Crippen LogP contribution is -3.13. The van der Waals surface area contributed by atoms with Crippen LogP contribution in [0.4, 0.5) is 0 Å². The van der Waals surface area contributed by atoms with Gasteiger partial charge in [0.15, 0.2) is 0 Å². The molecule has 1 rings (SSSR count). The van der Waals surface area contributed by atoms with Crippen LogP contribution in [-0.4, -0.2) is 55.6 Å². The molecule has 3 N–H and O–H groups in total. The van der Waals surface area contributed by atoms with Gasteiger partial charge in [0, 0.05) is 3.57 Å². The van der Waals surface area contributed by atoms with Crippen LogP contribution in [0.2, 0.25) is 0 Å². The smallest absolute Gasteiger partial charge is 0.338 e. The number of carbonyl (C=O) groups excluding carboxylic acids is 1. The zero-order chi connectivity index (χ0) is 14.1. The van der Waals surface area contributed by atoms with Crippen molar-refractivity contribution in [2.75, 3.05) is 39.5 Å². The molecular weight excluding hydrogens is 361 g/mol. The Bertz CT molecular complexity index is 394. The Kier molecular flexibility index (Phi) is 7.96. The Morgan fingerprint density at radius 1 is 1.21 bits per heavy atom. The Labute approximate surface area is 126 Å². The van der Waals surface area contributed by atoms with Crippen LogP contribution < -0.4 is 4.90 Å². The second-order valence-corrected chi connectivity index (χ2v) is 5.34. The Morgan fingerprint density at radius 3 is 2.47 bits per heavy atom. The summed E-state index contributed by atoms with van der Waals surface area (Å²) in [7, 11) is 0. The number of hydrogen-bond acceptors (Lipinski definition) is 4. The second-order valence-electron chi connectivity index (χ2n) is 4.09. The topological polar surface area (TPSA) is 71.2 Å². The molecule has 0 radical (unpaired) electrons. The van der Waals surface area contributed by atoms with Crippen molar-refractivity contribution in [3.63, 3.8) is 0 Å². The van der Waals surface area contributed by atoms with Crippen molar-refractivity contribution in [1.82, 2.24) is 0 Å². The number of hydrogen-bond donors (Lipinski definition) is 3. The number of nitrogens with one attached hydrogen (secondary N) is 1. The quantitative estimate of drug-likeness (QED) is 0.413. The summed E-state index contributed by atoms with van der Waals surface area (Å²) in [6.45, 7) is 2.05. The Hall–Kier alpha value is -0.700. The maximum absolute atomic E-state index is 11.8. The van der Waals surface area contributed by atoms with E-state index in [0.29, 0.717) is 25.2 Å². The minimum Gasteiger partial charge on any atom is -0.456 e. The van der Waals surface area contributed by atoms with E-state index in [-0.39, 0.29) is 25.8 Å². The first kappa shape index (κ1) is 16.4. The lowest BCUT2D eigenvalue weighted by molar-refractivity contribution is -0.900. The van der Waals surface area contributed by atoms with Crippen LogP contribution >= 0.6 is 22.6 Å². The zero-order valence-corrected chi connectivity index (χ0v) is 12.8. The van der Waals surface area contributed by atoms with Crippen LogP contribution in [0.1, 0.15) is 10.4 Å². The largest absolute Gasteiger partial charge is 0.456 e. The van der Waals surface area contributed by atoms with E-state index in [1.807, 2.05) is 12.1 Å². The molecule has 6 heteroatoms. The molecule has 1 aromatic rings. The van der Waals surface area contributed by atoms with Crippen molar-refractivity contribution < 1.29 is 24.6 Å². The van der Waals surface area contributed by atoms with E-state index in [0.717, 1.165) is 8.47 Å². The molecule has 0 aromatic heterocycles. The number of benzene rings is 1. The SMILES string of the molecule is O=C(OCC[NH+](CCO)CCO)c1cccc(I)c1. The third-order valence-electron chi connectivity index (χ3n) is 2.68. The van der Waals surface area contributed by atoms with Crippen molar-refractivity contribution in [1.29, 1.82) is 0 Å². The van der Waals surface area contributed by atoms with Crippen LogP contribution in [0, 0.1) is 3.57 Å². The fraction of sp³-hybridized carbons (Fsp3) is 0.462. The van der Waals surface area contributed by atoms with E-state index in [1.54, 1.807) is 12.1 Å². The lowest BCUT2D eigenvalue weighted by atomic mass is 10.2. The lowest BCUT2D eigenvalue weighted by Gasteiger charge is -2.17. The van der Waals surface area contributed by atoms with Gasteiger partial charge in [-0.05, 0) is 40.8 Å². The average Bonchev–Trinajstić information content (AvgIpc) is 2.39. The molecule has 0 saturated heterocycles. The highest BCUT2D eigenvalue weighted by Gasteiger charge is 2.11. The third-order valence-corrected chi connectivity index (χ3v) is 3.35. The maximum Gasteiger partial charge on any atom is 0.338 e. The molecule has 0 aliphatic carbocycles. The van der Waals surface area contributed by atoms with Crippen molar-refractivity contribution in [2.45, 2.75) is 0 Å². The highest BCUT2D eigenvalue weighted by molar-refractivity contribution is 14.1. The molecule has 0 fully saturated rings. The Balaban J connectivity index is 2.37. The van der Waals surface area contributed by atoms with Crippen molar-refractivity contribution in [3.05, 3.63) is 33.4 Å². The van der Waals surface area contributed by atoms with E-state index in [2.05, 4.69) is 22.6 Å². The molecule has 0 heterocycles. The molecule has 5 nitrogen and oxygen atoms in total. The third kappa shape index (κ3) is 6.33. The van der Waals surface area contributed by atoms with Gasteiger partial charge in [-0.3, -0.25) is 0 Å². The standard InChI is InChI=1S/C13H18INO4/c14-12-3-1-2-11(10-12)13(18)19-9-6-15(4-7-16)5-8-17/h1-3,10,16-17H,4-9H2/p+1. The number of halogens is 1. The van der Waals surface area contributed by atoms with Crippen LogP contribution in [-0.2, 0) is 4.74 Å². The summed E-state index contributed by atoms with van der Waals surface area (Å²) >= 11 is 2.14. The van der Waals surface area contributed by atoms with E-state index < -0.39 is 0 Å². The van der Waals surface area contributed by atoms with Gasteiger partial charge in [-0.25, -0.2) is 4.79 Å². The molecule has 106 valence electrons. The van der Waals surface area contributed by atoms with Gasteiger partial charge in [-0.15, -0.1) is 0 Å². The summed E-state index contributed by atoms with van der Waals surface area (Å²) in [6.07, 6.45) is 0. The van der Waals surface area contributed by atoms with Crippen LogP contribution in [0.15, 0.2) is 24.3 Å². The predicted octanol–water partition coefficient (Wildman–Crippen LogP) is -0.682. The number of esters is 1. The van der Waals surface area contributed by atoms with E-state index >= 15 is 0 Å². The normalized spacial score (nSPS) is 10.7. The van der Waals surface area contributed by atoms with Gasteiger partial charge in [0.05, 0.1) is 18.8 Å². The van der Waals surface area contributed by atoms with Gasteiger partial charge < -0.3 is 19.8 Å². The van der Waals surface area contributed by atoms with Crippen LogP contribution in [0.3, 0.4) is 0 Å². The fourth-order valence-electron chi connectivity index (χ4n) is 1.68. The summed E-state index contributed by atoms with van der Waals surface area (Å²) in [5, 5.41) is 17.7. The number of aliphatic hydroxyl groups is 2. The average molecular weight is 380 g/mol. The zero-order valence-electron chi connectivity index (χ0n) is 10.6. The number of aliphatic hydroxyl groups excluding tert-OH is 2. The predicted molar refractivity (Wildman–Crippen MR) is 79.2 cm³/mol. The summed E-state index contributed by atoms with van der Waals surface area (Å²) in [5.74, 6) is -0.342. The molecule has 0 atom stereocenters. The van der Waals surface area contributed by atoms with Crippen molar-refractivity contribution in [3.8, 4) is 0 Å². The van der Waals surface area contributed by atoms with Gasteiger partial charge in [-0.1, -0.05) is 6.07 Å². The first-order valence-corrected chi connectivity index (χ1v) is 7.23. The maximum atomic E-state index is 11.8. The number of carbonyl (C=O) groups is 1. The highest BCUT2D eigenvalue weighted by Crippen LogP contribution is 2.08. The first-order valence-electron chi connectivity index (χ1n) is 6.15. The van der Waals surface area contributed by atoms with Crippen molar-refractivity contribution >= 4 is 28.6 Å². The van der Waals surface area contributed by atoms with Gasteiger partial charge >= 0.3 is 5.97 Å². The fourth-order valence-corrected chi connectivity index (χ4v) is 2.22. The molecule has 0 saturated carbocycles. The number of quaternary nitrogens is 1. The van der Waals surface area contributed by atoms with Gasteiger partial charge in [-0.2, -0.15) is 0 Å². The van der Waals surface area contributed by atoms with E-state index in [4.69, 9.17) is 14.9 Å². The molecule has 1 aromatic carbocycles. The number of rotatable bonds is 8. The molecule has 0 unspecified atom stereocenters. The highest BCUT2D eigenvalue weighted by atomic mass is 127. The van der Waals surface area contributed by atoms with Gasteiger partial charge in [0.25, 0.3) is 0 Å². The van der Waals surface area contributed by atoms with Crippen LogP contribution in [0.5, 0.6) is 0 Å². The summed E-state index contributed by atoms with van der Waals surface area (Å²) in [5.41, 5.74) is 0.540. The molecule has 0 spiro atoms. The minimum atomic E-state index is -0.342. The first-order chi connectivity index (χ1) is 9.17. The molecule has 19 heavy (non-hydrogen) atoms. The molecule has 0 aliphatic rings. The van der Waals surface area contributed by atoms with Gasteiger partial charge in [0.1, 0.15) is 26.2 Å². The van der Waals surface area contributed by atoms with E-state index in [9.17, 15) is 4.79 Å². The van der Waals surface area contributed by atoms with Crippen molar-refractivity contribution in [2.24, 2.45) is 0 Å². The number of ether oxygens (including phenoxy) is 1. The van der Waals surface area contributed by atoms with Crippen LogP contribution in [0.25, 0.3) is 0 Å². The van der Waals surface area contributed by atoms with E-state index in [1.165, 1.54) is 0 Å². The molecule has 0 bridgehead atoms. The second kappa shape index (κ2) is 9.24. The minimum absolute atomic E-state index is 0.0557. The summed E-state index contributed by atoms with van der Waals surface area (Å²) in [4.78, 5) is 12.8. The molecule has 0 amide bonds. The summed E-state index contributed by atoms with van der Waals surface area (Å²) < 4.78 is 6.17. The summed E-state index contributed by atoms with van der Waals surface area (Å²) in [6, 6.07) is 7.21. The van der Waals surface area contributed by atoms with Gasteiger partial charge in [0.2, 0.25) is 0 Å². The molecular formula is C13H19INO4+. The monoisotopic (exact) mass is 380 g/mol. The molecule has 0 aliphatic heterocycles. The Morgan fingerprint density at radius 2 is 1.89 bits per heavy atom.